The second kappa shape index (κ2) is 6.92. The molecule has 0 N–H and O–H groups in total. The molecule has 6 aromatic rings. The molecule has 1 unspecified atom stereocenters. The van der Waals surface area contributed by atoms with Gasteiger partial charge in [0.05, 0.1) is 16.7 Å². The van der Waals surface area contributed by atoms with Crippen LogP contribution < -0.4 is 0 Å². The first-order valence-corrected chi connectivity index (χ1v) is 15.1. The molecular formula is C37H31NS. The fourth-order valence-corrected chi connectivity index (χ4v) is 9.49. The third-order valence-corrected chi connectivity index (χ3v) is 11.2. The molecule has 2 aliphatic heterocycles. The Bertz CT molecular complexity index is 2110. The lowest BCUT2D eigenvalue weighted by Gasteiger charge is -2.42. The number of benzene rings is 4. The van der Waals surface area contributed by atoms with Crippen LogP contribution in [0.3, 0.4) is 0 Å². The highest BCUT2D eigenvalue weighted by Gasteiger charge is 2.43. The molecule has 0 fully saturated rings. The zero-order valence-corrected chi connectivity index (χ0v) is 24.0. The second-order valence-corrected chi connectivity index (χ2v) is 14.2. The van der Waals surface area contributed by atoms with Gasteiger partial charge in [-0.1, -0.05) is 95.3 Å². The molecule has 0 bridgehead atoms. The summed E-state index contributed by atoms with van der Waals surface area (Å²) in [7, 11) is 0. The van der Waals surface area contributed by atoms with Crippen LogP contribution in [0.15, 0.2) is 78.9 Å². The quantitative estimate of drug-likeness (QED) is 0.203. The van der Waals surface area contributed by atoms with E-state index in [0.29, 0.717) is 5.92 Å². The molecule has 0 saturated carbocycles. The summed E-state index contributed by atoms with van der Waals surface area (Å²) >= 11 is 1.99. The molecule has 0 spiro atoms. The Kier molecular flexibility index (Phi) is 3.95. The monoisotopic (exact) mass is 521 g/mol. The average Bonchev–Trinajstić information content (AvgIpc) is 3.46. The summed E-state index contributed by atoms with van der Waals surface area (Å²) in [6, 6.07) is 28.1. The first-order valence-electron chi connectivity index (χ1n) is 14.3. The Morgan fingerprint density at radius 3 is 2.21 bits per heavy atom. The molecule has 1 atom stereocenters. The van der Waals surface area contributed by atoms with Crippen molar-refractivity contribution in [1.29, 1.82) is 0 Å². The number of para-hydroxylation sites is 2. The SMILES string of the molecule is CC1C=C(c2cc3c4c(c2)c2cccc5c2n4-c2c(cccc2C3(C)C)C5(C)C)c2c(sc3ccccc23)C1. The fraction of sp³-hybridized carbons (Fsp3) is 0.243. The lowest BCUT2D eigenvalue weighted by molar-refractivity contribution is 0.593. The summed E-state index contributed by atoms with van der Waals surface area (Å²) in [4.78, 5) is 1.54. The minimum absolute atomic E-state index is 0.0442. The van der Waals surface area contributed by atoms with Crippen LogP contribution in [0.5, 0.6) is 0 Å². The van der Waals surface area contributed by atoms with Crippen molar-refractivity contribution in [2.75, 3.05) is 0 Å². The molecule has 3 aliphatic rings. The van der Waals surface area contributed by atoms with Crippen molar-refractivity contribution in [3.05, 3.63) is 117 Å². The topological polar surface area (TPSA) is 4.93 Å². The Balaban J connectivity index is 1.46. The number of hydrogen-bond acceptors (Lipinski definition) is 1. The van der Waals surface area contributed by atoms with Gasteiger partial charge in [-0.2, -0.15) is 0 Å². The van der Waals surface area contributed by atoms with Crippen molar-refractivity contribution in [1.82, 2.24) is 4.57 Å². The minimum atomic E-state index is -0.0993. The third-order valence-electron chi connectivity index (χ3n) is 10.0. The predicted molar refractivity (Wildman–Crippen MR) is 167 cm³/mol. The molecule has 2 aromatic heterocycles. The van der Waals surface area contributed by atoms with E-state index in [2.05, 4.69) is 118 Å². The Morgan fingerprint density at radius 2 is 1.38 bits per heavy atom. The predicted octanol–water partition coefficient (Wildman–Crippen LogP) is 9.90. The summed E-state index contributed by atoms with van der Waals surface area (Å²) in [5.41, 5.74) is 14.1. The number of fused-ring (bicyclic) bond motifs is 4. The summed E-state index contributed by atoms with van der Waals surface area (Å²) in [6.07, 6.45) is 3.68. The van der Waals surface area contributed by atoms with E-state index in [-0.39, 0.29) is 10.8 Å². The van der Waals surface area contributed by atoms with Crippen molar-refractivity contribution in [3.63, 3.8) is 0 Å². The van der Waals surface area contributed by atoms with Crippen molar-refractivity contribution in [2.24, 2.45) is 5.92 Å². The molecule has 4 aromatic carbocycles. The highest BCUT2D eigenvalue weighted by Crippen LogP contribution is 2.56. The zero-order valence-electron chi connectivity index (χ0n) is 23.1. The van der Waals surface area contributed by atoms with Gasteiger partial charge in [-0.25, -0.2) is 0 Å². The second-order valence-electron chi connectivity index (χ2n) is 13.1. The molecule has 2 heteroatoms. The summed E-state index contributed by atoms with van der Waals surface area (Å²) < 4.78 is 4.03. The first-order chi connectivity index (χ1) is 18.8. The minimum Gasteiger partial charge on any atom is -0.308 e. The van der Waals surface area contributed by atoms with Crippen LogP contribution in [-0.4, -0.2) is 4.57 Å². The molecule has 1 nitrogen and oxygen atoms in total. The number of allylic oxidation sites excluding steroid dienone is 1. The Morgan fingerprint density at radius 1 is 0.718 bits per heavy atom. The van der Waals surface area contributed by atoms with Gasteiger partial charge in [-0.3, -0.25) is 0 Å². The van der Waals surface area contributed by atoms with Gasteiger partial charge in [-0.15, -0.1) is 11.3 Å². The molecule has 0 saturated heterocycles. The van der Waals surface area contributed by atoms with Crippen LogP contribution in [0, 0.1) is 5.92 Å². The third kappa shape index (κ3) is 2.53. The first kappa shape index (κ1) is 22.2. The van der Waals surface area contributed by atoms with Gasteiger partial charge in [-0.05, 0) is 63.9 Å². The van der Waals surface area contributed by atoms with Crippen molar-refractivity contribution >= 4 is 48.8 Å². The van der Waals surface area contributed by atoms with E-state index in [1.54, 1.807) is 0 Å². The molecule has 0 radical (unpaired) electrons. The van der Waals surface area contributed by atoms with Gasteiger partial charge in [0.15, 0.2) is 0 Å². The normalized spacial score (nSPS) is 19.6. The maximum absolute atomic E-state index is 2.63. The molecule has 4 heterocycles. The number of thiophene rings is 1. The van der Waals surface area contributed by atoms with Gasteiger partial charge < -0.3 is 4.57 Å². The van der Waals surface area contributed by atoms with Crippen LogP contribution in [-0.2, 0) is 17.3 Å². The lowest BCUT2D eigenvalue weighted by Crippen LogP contribution is -2.33. The van der Waals surface area contributed by atoms with Crippen LogP contribution in [0.25, 0.3) is 43.2 Å². The van der Waals surface area contributed by atoms with Gasteiger partial charge in [0.2, 0.25) is 0 Å². The maximum Gasteiger partial charge on any atom is 0.0582 e. The van der Waals surface area contributed by atoms with E-state index in [1.807, 2.05) is 11.3 Å². The van der Waals surface area contributed by atoms with Crippen LogP contribution in [0.1, 0.15) is 72.9 Å². The van der Waals surface area contributed by atoms with Gasteiger partial charge in [0, 0.05) is 42.1 Å². The molecule has 9 rings (SSSR count). The number of nitrogens with zero attached hydrogens (tertiary/aromatic N) is 1. The van der Waals surface area contributed by atoms with Crippen molar-refractivity contribution < 1.29 is 0 Å². The van der Waals surface area contributed by atoms with Crippen molar-refractivity contribution in [3.8, 4) is 5.69 Å². The van der Waals surface area contributed by atoms with Crippen molar-refractivity contribution in [2.45, 2.75) is 51.9 Å². The van der Waals surface area contributed by atoms with Crippen LogP contribution in [0.2, 0.25) is 0 Å². The molecule has 190 valence electrons. The van der Waals surface area contributed by atoms with E-state index >= 15 is 0 Å². The van der Waals surface area contributed by atoms with E-state index in [9.17, 15) is 0 Å². The van der Waals surface area contributed by atoms with Gasteiger partial charge in [0.25, 0.3) is 0 Å². The van der Waals surface area contributed by atoms with E-state index in [4.69, 9.17) is 0 Å². The Labute approximate surface area is 233 Å². The highest BCUT2D eigenvalue weighted by molar-refractivity contribution is 7.19. The smallest absolute Gasteiger partial charge is 0.0582 e. The zero-order chi connectivity index (χ0) is 26.4. The molecular weight excluding hydrogens is 490 g/mol. The fourth-order valence-electron chi connectivity index (χ4n) is 8.13. The van der Waals surface area contributed by atoms with Crippen LogP contribution in [0.4, 0.5) is 0 Å². The standard InChI is InChI=1S/C37H31NS/c1-20-16-24(32-23-10-6-7-15-30(23)39-31(32)17-20)21-18-25-22-11-8-12-26-33(22)38-34(25)29(19-21)37(4,5)28-14-9-13-27(35(28)38)36(26,2)3/h6-16,18-20H,17H2,1-5H3. The highest BCUT2D eigenvalue weighted by atomic mass is 32.1. The number of aromatic nitrogens is 1. The van der Waals surface area contributed by atoms with E-state index < -0.39 is 0 Å². The van der Waals surface area contributed by atoms with E-state index in [0.717, 1.165) is 6.42 Å². The Hall–Kier alpha value is -3.62. The van der Waals surface area contributed by atoms with Crippen LogP contribution >= 0.6 is 11.3 Å². The number of hydrogen-bond donors (Lipinski definition) is 0. The van der Waals surface area contributed by atoms with E-state index in [1.165, 1.54) is 81.4 Å². The molecule has 39 heavy (non-hydrogen) atoms. The van der Waals surface area contributed by atoms with Gasteiger partial charge >= 0.3 is 0 Å². The summed E-state index contributed by atoms with van der Waals surface area (Å²) in [6.45, 7) is 12.1. The largest absolute Gasteiger partial charge is 0.308 e. The summed E-state index contributed by atoms with van der Waals surface area (Å²) in [5.74, 6) is 0.528. The number of rotatable bonds is 1. The van der Waals surface area contributed by atoms with Gasteiger partial charge in [0.1, 0.15) is 0 Å². The average molecular weight is 522 g/mol. The molecule has 0 amide bonds. The maximum atomic E-state index is 2.63. The lowest BCUT2D eigenvalue weighted by atomic mass is 9.68. The summed E-state index contributed by atoms with van der Waals surface area (Å²) in [5, 5.41) is 4.19. The molecule has 1 aliphatic carbocycles.